The highest BCUT2D eigenvalue weighted by molar-refractivity contribution is 5.78. The summed E-state index contributed by atoms with van der Waals surface area (Å²) in [5.74, 6) is 0.550. The summed E-state index contributed by atoms with van der Waals surface area (Å²) in [4.78, 5) is 31.1. The van der Waals surface area contributed by atoms with Gasteiger partial charge in [0, 0.05) is 23.9 Å². The number of imidazole rings is 1. The Labute approximate surface area is 137 Å². The fourth-order valence-electron chi connectivity index (χ4n) is 1.95. The van der Waals surface area contributed by atoms with Gasteiger partial charge in [-0.15, -0.1) is 0 Å². The van der Waals surface area contributed by atoms with E-state index in [9.17, 15) is 9.59 Å². The molecule has 0 spiro atoms. The molecule has 0 saturated carbocycles. The van der Waals surface area contributed by atoms with E-state index in [0.29, 0.717) is 12.4 Å². The minimum absolute atomic E-state index is 0.146. The Morgan fingerprint density at radius 3 is 2.43 bits per heavy atom. The number of carbonyl (C=O) groups excluding carboxylic acids is 2. The Kier molecular flexibility index (Phi) is 6.18. The van der Waals surface area contributed by atoms with Gasteiger partial charge in [-0.25, -0.2) is 9.78 Å². The van der Waals surface area contributed by atoms with Crippen molar-refractivity contribution in [3.63, 3.8) is 0 Å². The summed E-state index contributed by atoms with van der Waals surface area (Å²) in [6.45, 7) is 11.3. The van der Waals surface area contributed by atoms with Crippen molar-refractivity contribution in [2.24, 2.45) is 0 Å². The van der Waals surface area contributed by atoms with Crippen LogP contribution in [0.3, 0.4) is 0 Å². The van der Waals surface area contributed by atoms with Gasteiger partial charge in [-0.2, -0.15) is 0 Å². The van der Waals surface area contributed by atoms with Crippen molar-refractivity contribution in [2.75, 3.05) is 0 Å². The molecule has 0 unspecified atom stereocenters. The maximum atomic E-state index is 12.0. The van der Waals surface area contributed by atoms with Gasteiger partial charge in [-0.1, -0.05) is 6.92 Å². The first-order valence-corrected chi connectivity index (χ1v) is 7.81. The number of amides is 2. The highest BCUT2D eigenvalue weighted by Crippen LogP contribution is 2.12. The van der Waals surface area contributed by atoms with Crippen molar-refractivity contribution in [3.05, 3.63) is 17.7 Å². The molecule has 0 fully saturated rings. The van der Waals surface area contributed by atoms with E-state index in [1.165, 1.54) is 0 Å². The molecule has 1 aromatic heterocycles. The lowest BCUT2D eigenvalue weighted by Gasteiger charge is -2.28. The van der Waals surface area contributed by atoms with Crippen LogP contribution in [0.4, 0.5) is 4.79 Å². The SMILES string of the molecule is CCc1cnc(CNC(=O)CC(C)(C)NC(=O)OC(C)(C)C)[nH]1. The summed E-state index contributed by atoms with van der Waals surface area (Å²) in [6, 6.07) is 0. The predicted octanol–water partition coefficient (Wildman–Crippen LogP) is 2.28. The van der Waals surface area contributed by atoms with Gasteiger partial charge in [0.05, 0.1) is 6.54 Å². The fourth-order valence-corrected chi connectivity index (χ4v) is 1.95. The number of nitrogens with one attached hydrogen (secondary N) is 3. The monoisotopic (exact) mass is 324 g/mol. The quantitative estimate of drug-likeness (QED) is 0.748. The zero-order valence-corrected chi connectivity index (χ0v) is 14.9. The number of aromatic amines is 1. The van der Waals surface area contributed by atoms with Gasteiger partial charge in [0.1, 0.15) is 11.4 Å². The number of aromatic nitrogens is 2. The van der Waals surface area contributed by atoms with Gasteiger partial charge in [0.25, 0.3) is 0 Å². The Morgan fingerprint density at radius 2 is 1.91 bits per heavy atom. The molecule has 3 N–H and O–H groups in total. The standard InChI is InChI=1S/C16H28N4O3/c1-7-11-9-17-12(19-11)10-18-13(21)8-16(5,6)20-14(22)23-15(2,3)4/h9H,7-8,10H2,1-6H3,(H,17,19)(H,18,21)(H,20,22). The Morgan fingerprint density at radius 1 is 1.26 bits per heavy atom. The van der Waals surface area contributed by atoms with Crippen LogP contribution in [0, 0.1) is 0 Å². The van der Waals surface area contributed by atoms with E-state index in [1.54, 1.807) is 40.8 Å². The number of H-pyrrole nitrogens is 1. The molecule has 0 aromatic carbocycles. The van der Waals surface area contributed by atoms with Crippen molar-refractivity contribution in [1.82, 2.24) is 20.6 Å². The summed E-state index contributed by atoms with van der Waals surface area (Å²) < 4.78 is 5.20. The fraction of sp³-hybridized carbons (Fsp3) is 0.688. The van der Waals surface area contributed by atoms with E-state index in [-0.39, 0.29) is 12.3 Å². The van der Waals surface area contributed by atoms with E-state index in [1.807, 2.05) is 6.92 Å². The lowest BCUT2D eigenvalue weighted by atomic mass is 10.0. The number of hydrogen-bond donors (Lipinski definition) is 3. The van der Waals surface area contributed by atoms with Crippen LogP contribution in [-0.2, 0) is 22.5 Å². The second kappa shape index (κ2) is 7.48. The largest absolute Gasteiger partial charge is 0.444 e. The maximum absolute atomic E-state index is 12.0. The maximum Gasteiger partial charge on any atom is 0.408 e. The summed E-state index contributed by atoms with van der Waals surface area (Å²) in [5.41, 5.74) is -0.246. The smallest absolute Gasteiger partial charge is 0.408 e. The molecule has 0 saturated heterocycles. The molecule has 0 atom stereocenters. The zero-order chi connectivity index (χ0) is 17.7. The van der Waals surface area contributed by atoms with E-state index in [0.717, 1.165) is 12.1 Å². The van der Waals surface area contributed by atoms with E-state index >= 15 is 0 Å². The Balaban J connectivity index is 2.43. The molecule has 23 heavy (non-hydrogen) atoms. The molecule has 7 nitrogen and oxygen atoms in total. The highest BCUT2D eigenvalue weighted by Gasteiger charge is 2.27. The Bertz CT molecular complexity index is 544. The first kappa shape index (κ1) is 19.0. The normalized spacial score (nSPS) is 11.9. The molecule has 0 radical (unpaired) electrons. The number of rotatable bonds is 6. The third kappa shape index (κ3) is 7.67. The van der Waals surface area contributed by atoms with Gasteiger partial charge >= 0.3 is 6.09 Å². The predicted molar refractivity (Wildman–Crippen MR) is 87.9 cm³/mol. The first-order chi connectivity index (χ1) is 10.5. The van der Waals surface area contributed by atoms with Crippen LogP contribution in [0.5, 0.6) is 0 Å². The lowest BCUT2D eigenvalue weighted by Crippen LogP contribution is -2.48. The van der Waals surface area contributed by atoms with Crippen LogP contribution >= 0.6 is 0 Å². The summed E-state index contributed by atoms with van der Waals surface area (Å²) in [7, 11) is 0. The zero-order valence-electron chi connectivity index (χ0n) is 14.9. The number of alkyl carbamates (subject to hydrolysis) is 1. The highest BCUT2D eigenvalue weighted by atomic mass is 16.6. The molecular formula is C16H28N4O3. The van der Waals surface area contributed by atoms with Crippen molar-refractivity contribution >= 4 is 12.0 Å². The van der Waals surface area contributed by atoms with Crippen LogP contribution in [-0.4, -0.2) is 33.1 Å². The van der Waals surface area contributed by atoms with Crippen LogP contribution in [0.15, 0.2) is 6.20 Å². The molecule has 1 rings (SSSR count). The number of carbonyl (C=O) groups is 2. The van der Waals surface area contributed by atoms with Crippen molar-refractivity contribution in [2.45, 2.75) is 72.1 Å². The molecule has 7 heteroatoms. The number of hydrogen-bond acceptors (Lipinski definition) is 4. The molecule has 0 bridgehead atoms. The molecule has 0 aliphatic carbocycles. The summed E-state index contributed by atoms with van der Waals surface area (Å²) in [5, 5.41) is 5.50. The Hall–Kier alpha value is -2.05. The van der Waals surface area contributed by atoms with Crippen LogP contribution in [0.25, 0.3) is 0 Å². The molecule has 130 valence electrons. The van der Waals surface area contributed by atoms with Crippen LogP contribution < -0.4 is 10.6 Å². The molecule has 1 heterocycles. The second-order valence-electron chi connectivity index (χ2n) is 7.17. The molecule has 0 aliphatic heterocycles. The topological polar surface area (TPSA) is 96.1 Å². The number of aryl methyl sites for hydroxylation is 1. The van der Waals surface area contributed by atoms with Crippen LogP contribution in [0.2, 0.25) is 0 Å². The number of ether oxygens (including phenoxy) is 1. The van der Waals surface area contributed by atoms with Crippen molar-refractivity contribution < 1.29 is 14.3 Å². The third-order valence-electron chi connectivity index (χ3n) is 2.96. The minimum Gasteiger partial charge on any atom is -0.444 e. The summed E-state index contributed by atoms with van der Waals surface area (Å²) in [6.07, 6.45) is 2.24. The van der Waals surface area contributed by atoms with E-state index in [2.05, 4.69) is 20.6 Å². The molecular weight excluding hydrogens is 296 g/mol. The van der Waals surface area contributed by atoms with Crippen molar-refractivity contribution in [3.8, 4) is 0 Å². The van der Waals surface area contributed by atoms with Gasteiger partial charge in [0.2, 0.25) is 5.91 Å². The average molecular weight is 324 g/mol. The third-order valence-corrected chi connectivity index (χ3v) is 2.96. The van der Waals surface area contributed by atoms with E-state index < -0.39 is 17.2 Å². The van der Waals surface area contributed by atoms with Gasteiger partial charge < -0.3 is 20.4 Å². The van der Waals surface area contributed by atoms with Crippen LogP contribution in [0.1, 0.15) is 59.5 Å². The number of nitrogens with zero attached hydrogens (tertiary/aromatic N) is 1. The lowest BCUT2D eigenvalue weighted by molar-refractivity contribution is -0.122. The molecule has 1 aromatic rings. The second-order valence-corrected chi connectivity index (χ2v) is 7.17. The van der Waals surface area contributed by atoms with Gasteiger partial charge in [-0.3, -0.25) is 4.79 Å². The van der Waals surface area contributed by atoms with Gasteiger partial charge in [-0.05, 0) is 41.0 Å². The summed E-state index contributed by atoms with van der Waals surface area (Å²) >= 11 is 0. The molecule has 0 aliphatic rings. The minimum atomic E-state index is -0.704. The first-order valence-electron chi connectivity index (χ1n) is 7.81. The van der Waals surface area contributed by atoms with Gasteiger partial charge in [0.15, 0.2) is 0 Å². The van der Waals surface area contributed by atoms with E-state index in [4.69, 9.17) is 4.74 Å². The average Bonchev–Trinajstić information content (AvgIpc) is 2.80. The van der Waals surface area contributed by atoms with Crippen molar-refractivity contribution in [1.29, 1.82) is 0 Å². The molecule has 2 amide bonds.